The van der Waals surface area contributed by atoms with E-state index in [-0.39, 0.29) is 18.3 Å². The number of halogens is 1. The first-order valence-electron chi connectivity index (χ1n) is 14.3. The predicted octanol–water partition coefficient (Wildman–Crippen LogP) is 6.13. The Kier molecular flexibility index (Phi) is 9.56. The van der Waals surface area contributed by atoms with Gasteiger partial charge >= 0.3 is 10.1 Å². The molecule has 0 fully saturated rings. The minimum Gasteiger partial charge on any atom is -0.496 e. The maximum absolute atomic E-state index is 14.0. The summed E-state index contributed by atoms with van der Waals surface area (Å²) in [5.41, 5.74) is 9.14. The molecule has 1 heterocycles. The van der Waals surface area contributed by atoms with E-state index in [9.17, 15) is 17.6 Å². The lowest BCUT2D eigenvalue weighted by molar-refractivity contribution is -0.121. The smallest absolute Gasteiger partial charge is 0.325 e. The van der Waals surface area contributed by atoms with Gasteiger partial charge in [0.25, 0.3) is 5.91 Å². The van der Waals surface area contributed by atoms with Crippen molar-refractivity contribution < 1.29 is 31.3 Å². The quantitative estimate of drug-likeness (QED) is 0.185. The number of unbranched alkanes of at least 4 members (excludes halogenated alkanes) is 2. The number of fused-ring (bicyclic) bond motifs is 1. The molecule has 4 rings (SSSR count). The Morgan fingerprint density at radius 2 is 1.77 bits per heavy atom. The highest BCUT2D eigenvalue weighted by Gasteiger charge is 2.39. The lowest BCUT2D eigenvalue weighted by atomic mass is 9.91. The number of nitrogens with zero attached hydrogens (tertiary/aromatic N) is 1. The minimum atomic E-state index is -4.07. The number of likely N-dealkylation sites (N-methyl/N-ethyl adjacent to an activating group) is 1. The summed E-state index contributed by atoms with van der Waals surface area (Å²) in [5, 5.41) is 2.16. The third-order valence-corrected chi connectivity index (χ3v) is 8.97. The van der Waals surface area contributed by atoms with Gasteiger partial charge in [-0.3, -0.25) is 4.79 Å². The molecule has 0 aliphatic carbocycles. The highest BCUT2D eigenvalue weighted by molar-refractivity contribution is 7.87. The van der Waals surface area contributed by atoms with Crippen molar-refractivity contribution in [2.75, 3.05) is 24.4 Å². The first-order valence-corrected chi connectivity index (χ1v) is 15.7. The molecule has 0 saturated heterocycles. The fourth-order valence-corrected chi connectivity index (χ4v) is 6.14. The Morgan fingerprint density at radius 3 is 2.47 bits per heavy atom. The summed E-state index contributed by atoms with van der Waals surface area (Å²) in [6.45, 7) is 7.47. The van der Waals surface area contributed by atoms with Crippen LogP contribution < -0.4 is 29.6 Å². The minimum absolute atomic E-state index is 0.00489. The molecular weight excluding hydrogens is 573 g/mol. The average Bonchev–Trinajstić information content (AvgIpc) is 2.96. The Balaban J connectivity index is 1.77. The van der Waals surface area contributed by atoms with E-state index in [4.69, 9.17) is 19.4 Å². The largest absolute Gasteiger partial charge is 0.496 e. The zero-order chi connectivity index (χ0) is 31.5. The van der Waals surface area contributed by atoms with Gasteiger partial charge in [-0.25, -0.2) is 4.39 Å². The monoisotopic (exact) mass is 613 g/mol. The summed E-state index contributed by atoms with van der Waals surface area (Å²) < 4.78 is 56.8. The molecule has 9 nitrogen and oxygen atoms in total. The summed E-state index contributed by atoms with van der Waals surface area (Å²) in [5.74, 6) is 0.208. The zero-order valence-corrected chi connectivity index (χ0v) is 26.3. The van der Waals surface area contributed by atoms with Gasteiger partial charge in [0.2, 0.25) is 0 Å². The van der Waals surface area contributed by atoms with E-state index in [1.807, 2.05) is 26.0 Å². The third-order valence-electron chi connectivity index (χ3n) is 7.57. The van der Waals surface area contributed by atoms with Crippen LogP contribution in [0.25, 0.3) is 11.1 Å². The normalized spacial score (nSPS) is 15.0. The second-order valence-corrected chi connectivity index (χ2v) is 13.0. The van der Waals surface area contributed by atoms with Crippen LogP contribution in [0.1, 0.15) is 57.6 Å². The number of ether oxygens (including phenoxy) is 2. The molecule has 0 aromatic heterocycles. The Labute approximate surface area is 253 Å². The number of rotatable bonds is 12. The van der Waals surface area contributed by atoms with Gasteiger partial charge in [-0.05, 0) is 62.6 Å². The molecule has 0 saturated carbocycles. The maximum atomic E-state index is 14.0. The van der Waals surface area contributed by atoms with Gasteiger partial charge in [-0.1, -0.05) is 38.3 Å². The average molecular weight is 614 g/mol. The molecule has 3 aromatic carbocycles. The molecule has 1 aliphatic heterocycles. The molecule has 11 heteroatoms. The molecule has 232 valence electrons. The van der Waals surface area contributed by atoms with Crippen molar-refractivity contribution in [1.82, 2.24) is 0 Å². The highest BCUT2D eigenvalue weighted by atomic mass is 32.2. The number of carbonyl (C=O) groups excluding carboxylic acids is 1. The first kappa shape index (κ1) is 32.1. The molecule has 1 unspecified atom stereocenters. The standard InChI is InChI=1S/C32H40FN3O6S/c1-7-8-9-10-29(34)43(38,39)42-22-13-14-24(28(18-22)40-6)23-15-16-26-30(36(5)31(37)32(3,4)35-26)25(23)19-41-27-17-21(33)12-11-20(27)2/h11-18,29,35H,7-10,19,34H2,1-6H3. The topological polar surface area (TPSA) is 120 Å². The van der Waals surface area contributed by atoms with E-state index in [1.165, 1.54) is 31.4 Å². The van der Waals surface area contributed by atoms with Crippen molar-refractivity contribution in [2.45, 2.75) is 70.9 Å². The van der Waals surface area contributed by atoms with Gasteiger partial charge in [-0.15, -0.1) is 0 Å². The van der Waals surface area contributed by atoms with Gasteiger partial charge in [0.1, 0.15) is 40.6 Å². The molecule has 1 aliphatic rings. The molecule has 43 heavy (non-hydrogen) atoms. The third kappa shape index (κ3) is 6.88. The SMILES string of the molecule is CCCCCC(N)S(=O)(=O)Oc1ccc(-c2ccc3c(c2COc2cc(F)ccc2C)N(C)C(=O)C(C)(C)N3)c(OC)c1. The second-order valence-electron chi connectivity index (χ2n) is 11.3. The molecule has 0 bridgehead atoms. The fourth-order valence-electron chi connectivity index (χ4n) is 5.19. The molecule has 3 N–H and O–H groups in total. The van der Waals surface area contributed by atoms with Gasteiger partial charge in [-0.2, -0.15) is 8.42 Å². The highest BCUT2D eigenvalue weighted by Crippen LogP contribution is 2.45. The van der Waals surface area contributed by atoms with Crippen molar-refractivity contribution >= 4 is 27.4 Å². The van der Waals surface area contributed by atoms with E-state index in [0.29, 0.717) is 46.7 Å². The van der Waals surface area contributed by atoms with Gasteiger partial charge in [0.15, 0.2) is 0 Å². The number of amides is 1. The van der Waals surface area contributed by atoms with Gasteiger partial charge in [0.05, 0.1) is 18.5 Å². The summed E-state index contributed by atoms with van der Waals surface area (Å²) in [7, 11) is -0.897. The molecule has 1 atom stereocenters. The molecule has 3 aromatic rings. The number of aryl methyl sites for hydroxylation is 1. The van der Waals surface area contributed by atoms with Crippen LogP contribution in [-0.4, -0.2) is 39.4 Å². The summed E-state index contributed by atoms with van der Waals surface area (Å²) >= 11 is 0. The summed E-state index contributed by atoms with van der Waals surface area (Å²) in [4.78, 5) is 14.9. The molecule has 1 amide bonds. The van der Waals surface area contributed by atoms with Gasteiger partial charge in [0, 0.05) is 30.3 Å². The molecule has 0 spiro atoms. The summed E-state index contributed by atoms with van der Waals surface area (Å²) in [6.07, 6.45) is 2.81. The van der Waals surface area contributed by atoms with E-state index < -0.39 is 26.8 Å². The zero-order valence-electron chi connectivity index (χ0n) is 25.5. The van der Waals surface area contributed by atoms with Crippen LogP contribution in [0.3, 0.4) is 0 Å². The lowest BCUT2D eigenvalue weighted by Gasteiger charge is -2.39. The Hall–Kier alpha value is -3.83. The van der Waals surface area contributed by atoms with Crippen molar-refractivity contribution in [2.24, 2.45) is 5.73 Å². The van der Waals surface area contributed by atoms with Gasteiger partial charge < -0.3 is 29.6 Å². The van der Waals surface area contributed by atoms with E-state index in [1.54, 1.807) is 37.9 Å². The van der Waals surface area contributed by atoms with Crippen molar-refractivity contribution in [1.29, 1.82) is 0 Å². The lowest BCUT2D eigenvalue weighted by Crippen LogP contribution is -2.52. The predicted molar refractivity (Wildman–Crippen MR) is 167 cm³/mol. The molecule has 0 radical (unpaired) electrons. The molecular formula is C32H40FN3O6S. The number of methoxy groups -OCH3 is 1. The number of hydrogen-bond donors (Lipinski definition) is 2. The Morgan fingerprint density at radius 1 is 1.05 bits per heavy atom. The first-order chi connectivity index (χ1) is 20.3. The van der Waals surface area contributed by atoms with Crippen LogP contribution in [0, 0.1) is 12.7 Å². The number of nitrogens with two attached hydrogens (primary N) is 1. The van der Waals surface area contributed by atoms with Crippen LogP contribution in [0.2, 0.25) is 0 Å². The van der Waals surface area contributed by atoms with Crippen molar-refractivity contribution in [3.05, 3.63) is 65.5 Å². The number of carbonyl (C=O) groups is 1. The number of hydrogen-bond acceptors (Lipinski definition) is 8. The maximum Gasteiger partial charge on any atom is 0.325 e. The summed E-state index contributed by atoms with van der Waals surface area (Å²) in [6, 6.07) is 12.8. The van der Waals surface area contributed by atoms with Crippen LogP contribution >= 0.6 is 0 Å². The Bertz CT molecular complexity index is 1610. The number of nitrogens with one attached hydrogen (secondary N) is 1. The fraction of sp³-hybridized carbons (Fsp3) is 0.406. The van der Waals surface area contributed by atoms with E-state index >= 15 is 0 Å². The van der Waals surface area contributed by atoms with E-state index in [0.717, 1.165) is 24.1 Å². The second kappa shape index (κ2) is 12.8. The van der Waals surface area contributed by atoms with Crippen LogP contribution in [0.15, 0.2) is 48.5 Å². The van der Waals surface area contributed by atoms with E-state index in [2.05, 4.69) is 5.32 Å². The van der Waals surface area contributed by atoms with Crippen LogP contribution in [-0.2, 0) is 21.5 Å². The van der Waals surface area contributed by atoms with Crippen molar-refractivity contribution in [3.8, 4) is 28.4 Å². The van der Waals surface area contributed by atoms with Crippen LogP contribution in [0.4, 0.5) is 15.8 Å². The number of benzene rings is 3. The number of anilines is 2. The van der Waals surface area contributed by atoms with Crippen LogP contribution in [0.5, 0.6) is 17.2 Å². The van der Waals surface area contributed by atoms with Crippen molar-refractivity contribution in [3.63, 3.8) is 0 Å².